The summed E-state index contributed by atoms with van der Waals surface area (Å²) in [5.74, 6) is 2.98. The third-order valence-corrected chi connectivity index (χ3v) is 7.70. The molecule has 1 atom stereocenters. The maximum absolute atomic E-state index is 10.0. The largest absolute Gasteiger partial charge is 0.393 e. The van der Waals surface area contributed by atoms with Crippen LogP contribution in [0.2, 0.25) is 0 Å². The summed E-state index contributed by atoms with van der Waals surface area (Å²) in [6.45, 7) is 6.80. The zero-order valence-electron chi connectivity index (χ0n) is 20.4. The molecule has 1 unspecified atom stereocenters. The summed E-state index contributed by atoms with van der Waals surface area (Å²) in [6, 6.07) is 0.502. The summed E-state index contributed by atoms with van der Waals surface area (Å²) in [4.78, 5) is 19.7. The van der Waals surface area contributed by atoms with E-state index in [1.165, 1.54) is 18.4 Å². The molecule has 6 heteroatoms. The highest BCUT2D eigenvalue weighted by molar-refractivity contribution is 5.91. The van der Waals surface area contributed by atoms with Crippen LogP contribution in [0.4, 0.5) is 5.82 Å². The third-order valence-electron chi connectivity index (χ3n) is 7.70. The van der Waals surface area contributed by atoms with Gasteiger partial charge in [0.25, 0.3) is 0 Å². The maximum Gasteiger partial charge on any atom is 0.139 e. The standard InChI is InChI=1S/C26H41N5O/c1-5-6-18(2)15-24-27-17-23-25(29-24)22(19-7-9-21(32)10-8-19)16-28-26(23)31(4)20-11-13-30(3)14-12-20/h16-21,32H,5-15H2,1-4H3. The van der Waals surface area contributed by atoms with Crippen LogP contribution in [0.25, 0.3) is 10.9 Å². The average Bonchev–Trinajstić information content (AvgIpc) is 2.79. The molecule has 1 aliphatic heterocycles. The Morgan fingerprint density at radius 3 is 2.50 bits per heavy atom. The number of piperidine rings is 1. The fraction of sp³-hybridized carbons (Fsp3) is 0.731. The molecule has 0 radical (unpaired) electrons. The van der Waals surface area contributed by atoms with E-state index in [2.05, 4.69) is 43.9 Å². The highest BCUT2D eigenvalue weighted by Gasteiger charge is 2.27. The van der Waals surface area contributed by atoms with Gasteiger partial charge in [0.05, 0.1) is 17.0 Å². The van der Waals surface area contributed by atoms with E-state index in [1.54, 1.807) is 0 Å². The lowest BCUT2D eigenvalue weighted by molar-refractivity contribution is 0.122. The van der Waals surface area contributed by atoms with E-state index < -0.39 is 0 Å². The predicted molar refractivity (Wildman–Crippen MR) is 131 cm³/mol. The van der Waals surface area contributed by atoms with Crippen LogP contribution < -0.4 is 4.90 Å². The first kappa shape index (κ1) is 23.4. The van der Waals surface area contributed by atoms with E-state index in [0.717, 1.165) is 80.6 Å². The minimum Gasteiger partial charge on any atom is -0.393 e. The van der Waals surface area contributed by atoms with Gasteiger partial charge in [0.1, 0.15) is 11.6 Å². The zero-order valence-corrected chi connectivity index (χ0v) is 20.4. The molecule has 0 spiro atoms. The summed E-state index contributed by atoms with van der Waals surface area (Å²) >= 11 is 0. The van der Waals surface area contributed by atoms with Crippen molar-refractivity contribution < 1.29 is 5.11 Å². The van der Waals surface area contributed by atoms with Gasteiger partial charge in [0, 0.05) is 37.5 Å². The number of hydrogen-bond acceptors (Lipinski definition) is 6. The fourth-order valence-corrected chi connectivity index (χ4v) is 5.59. The summed E-state index contributed by atoms with van der Waals surface area (Å²) < 4.78 is 0. The molecule has 4 rings (SSSR count). The number of pyridine rings is 1. The summed E-state index contributed by atoms with van der Waals surface area (Å²) in [6.07, 6.45) is 13.4. The molecule has 3 heterocycles. The monoisotopic (exact) mass is 439 g/mol. The van der Waals surface area contributed by atoms with Crippen LogP contribution in [0.1, 0.15) is 82.5 Å². The molecule has 2 aromatic heterocycles. The number of aliphatic hydroxyl groups is 1. The minimum absolute atomic E-state index is 0.152. The van der Waals surface area contributed by atoms with Gasteiger partial charge in [-0.25, -0.2) is 15.0 Å². The highest BCUT2D eigenvalue weighted by atomic mass is 16.3. The topological polar surface area (TPSA) is 65.4 Å². The van der Waals surface area contributed by atoms with Gasteiger partial charge in [-0.05, 0) is 70.5 Å². The van der Waals surface area contributed by atoms with Crippen molar-refractivity contribution in [2.45, 2.75) is 89.7 Å². The van der Waals surface area contributed by atoms with Gasteiger partial charge in [0.15, 0.2) is 0 Å². The quantitative estimate of drug-likeness (QED) is 0.683. The second-order valence-electron chi connectivity index (χ2n) is 10.3. The first-order chi connectivity index (χ1) is 15.5. The van der Waals surface area contributed by atoms with E-state index in [0.29, 0.717) is 17.9 Å². The normalized spacial score (nSPS) is 24.0. The molecule has 0 aromatic carbocycles. The number of likely N-dealkylation sites (tertiary alicyclic amines) is 1. The number of hydrogen-bond donors (Lipinski definition) is 1. The van der Waals surface area contributed by atoms with E-state index in [9.17, 15) is 5.11 Å². The molecule has 2 aliphatic rings. The molecule has 6 nitrogen and oxygen atoms in total. The molecular formula is C26H41N5O. The minimum atomic E-state index is -0.152. The van der Waals surface area contributed by atoms with Gasteiger partial charge in [0.2, 0.25) is 0 Å². The Morgan fingerprint density at radius 2 is 1.81 bits per heavy atom. The first-order valence-electron chi connectivity index (χ1n) is 12.7. The van der Waals surface area contributed by atoms with Gasteiger partial charge < -0.3 is 14.9 Å². The molecule has 32 heavy (non-hydrogen) atoms. The number of anilines is 1. The van der Waals surface area contributed by atoms with Crippen LogP contribution in [-0.2, 0) is 6.42 Å². The van der Waals surface area contributed by atoms with Crippen molar-refractivity contribution in [3.63, 3.8) is 0 Å². The van der Waals surface area contributed by atoms with Crippen LogP contribution in [0.3, 0.4) is 0 Å². The van der Waals surface area contributed by atoms with Crippen LogP contribution in [0, 0.1) is 5.92 Å². The Bertz CT molecular complexity index is 887. The van der Waals surface area contributed by atoms with E-state index in [1.807, 2.05) is 6.20 Å². The molecule has 0 amide bonds. The number of aromatic nitrogens is 3. The summed E-state index contributed by atoms with van der Waals surface area (Å²) in [5.41, 5.74) is 2.34. The number of fused-ring (bicyclic) bond motifs is 1. The van der Waals surface area contributed by atoms with Crippen molar-refractivity contribution in [3.05, 3.63) is 23.8 Å². The Hall–Kier alpha value is -1.79. The molecule has 2 aromatic rings. The molecule has 176 valence electrons. The summed E-state index contributed by atoms with van der Waals surface area (Å²) in [7, 11) is 4.39. The Balaban J connectivity index is 1.69. The van der Waals surface area contributed by atoms with Crippen molar-refractivity contribution in [3.8, 4) is 0 Å². The lowest BCUT2D eigenvalue weighted by Gasteiger charge is -2.36. The van der Waals surface area contributed by atoms with Crippen molar-refractivity contribution in [2.75, 3.05) is 32.1 Å². The Labute approximate surface area is 193 Å². The molecule has 2 fully saturated rings. The molecular weight excluding hydrogens is 398 g/mol. The van der Waals surface area contributed by atoms with Crippen molar-refractivity contribution in [1.29, 1.82) is 0 Å². The number of nitrogens with zero attached hydrogens (tertiary/aromatic N) is 5. The predicted octanol–water partition coefficient (Wildman–Crippen LogP) is 4.55. The molecule has 1 aliphatic carbocycles. The van der Waals surface area contributed by atoms with Crippen LogP contribution in [-0.4, -0.2) is 64.3 Å². The van der Waals surface area contributed by atoms with Crippen LogP contribution >= 0.6 is 0 Å². The molecule has 0 bridgehead atoms. The van der Waals surface area contributed by atoms with Crippen molar-refractivity contribution in [1.82, 2.24) is 19.9 Å². The smallest absolute Gasteiger partial charge is 0.139 e. The third kappa shape index (κ3) is 5.23. The van der Waals surface area contributed by atoms with Gasteiger partial charge >= 0.3 is 0 Å². The number of aliphatic hydroxyl groups excluding tert-OH is 1. The van der Waals surface area contributed by atoms with Gasteiger partial charge in [-0.3, -0.25) is 0 Å². The van der Waals surface area contributed by atoms with Crippen molar-refractivity contribution in [2.24, 2.45) is 5.92 Å². The summed E-state index contributed by atoms with van der Waals surface area (Å²) in [5, 5.41) is 11.1. The number of rotatable bonds is 7. The highest BCUT2D eigenvalue weighted by Crippen LogP contribution is 2.38. The van der Waals surface area contributed by atoms with Crippen molar-refractivity contribution >= 4 is 16.7 Å². The lowest BCUT2D eigenvalue weighted by Crippen LogP contribution is -2.42. The van der Waals surface area contributed by atoms with Gasteiger partial charge in [-0.15, -0.1) is 0 Å². The van der Waals surface area contributed by atoms with Crippen LogP contribution in [0.5, 0.6) is 0 Å². The SMILES string of the molecule is CCCC(C)Cc1ncc2c(N(C)C3CCN(C)CC3)ncc(C3CCC(O)CC3)c2n1. The Morgan fingerprint density at radius 1 is 1.09 bits per heavy atom. The maximum atomic E-state index is 10.0. The first-order valence-corrected chi connectivity index (χ1v) is 12.7. The van der Waals surface area contributed by atoms with Gasteiger partial charge in [-0.1, -0.05) is 26.7 Å². The molecule has 1 saturated carbocycles. The van der Waals surface area contributed by atoms with E-state index >= 15 is 0 Å². The van der Waals surface area contributed by atoms with Gasteiger partial charge in [-0.2, -0.15) is 0 Å². The zero-order chi connectivity index (χ0) is 22.7. The van der Waals surface area contributed by atoms with E-state index in [4.69, 9.17) is 15.0 Å². The second kappa shape index (κ2) is 10.4. The molecule has 1 N–H and O–H groups in total. The fourth-order valence-electron chi connectivity index (χ4n) is 5.59. The van der Waals surface area contributed by atoms with Crippen LogP contribution in [0.15, 0.2) is 12.4 Å². The average molecular weight is 440 g/mol. The second-order valence-corrected chi connectivity index (χ2v) is 10.3. The molecule has 1 saturated heterocycles. The van der Waals surface area contributed by atoms with E-state index in [-0.39, 0.29) is 6.10 Å². The lowest BCUT2D eigenvalue weighted by atomic mass is 9.82. The Kier molecular flexibility index (Phi) is 7.62.